The summed E-state index contributed by atoms with van der Waals surface area (Å²) in [5.41, 5.74) is 5.40. The molecule has 3 amide bonds. The molecule has 0 saturated heterocycles. The highest BCUT2D eigenvalue weighted by Crippen LogP contribution is 2.37. The number of aliphatic carboxylic acids is 1. The number of rotatable bonds is 18. The van der Waals surface area contributed by atoms with E-state index in [4.69, 9.17) is 24.1 Å². The summed E-state index contributed by atoms with van der Waals surface area (Å²) in [6, 6.07) is 22.1. The van der Waals surface area contributed by atoms with Crippen LogP contribution < -0.4 is 24.6 Å². The zero-order valence-corrected chi connectivity index (χ0v) is 45.9. The highest BCUT2D eigenvalue weighted by Gasteiger charge is 2.31. The molecule has 0 spiro atoms. The van der Waals surface area contributed by atoms with Crippen LogP contribution in [0, 0.1) is 11.6 Å². The smallest absolute Gasteiger partial charge is 0.410 e. The summed E-state index contributed by atoms with van der Waals surface area (Å²) in [5.74, 6) is -0.0249. The van der Waals surface area contributed by atoms with Crippen LogP contribution in [-0.2, 0) is 54.7 Å². The van der Waals surface area contributed by atoms with Gasteiger partial charge < -0.3 is 39.2 Å². The molecule has 0 aromatic heterocycles. The Morgan fingerprint density at radius 3 is 1.56 bits per heavy atom. The second kappa shape index (κ2) is 26.7. The molecular formula is C61H78F2N4O10. The largest absolute Gasteiger partial charge is 0.489 e. The van der Waals surface area contributed by atoms with Gasteiger partial charge in [-0.25, -0.2) is 13.6 Å². The summed E-state index contributed by atoms with van der Waals surface area (Å²) in [5, 5.41) is 11.6. The van der Waals surface area contributed by atoms with Crippen molar-refractivity contribution in [3.8, 4) is 11.5 Å². The summed E-state index contributed by atoms with van der Waals surface area (Å²) >= 11 is 0. The van der Waals surface area contributed by atoms with Gasteiger partial charge >= 0.3 is 18.0 Å². The van der Waals surface area contributed by atoms with E-state index < -0.39 is 29.2 Å². The van der Waals surface area contributed by atoms with Crippen LogP contribution in [0.2, 0.25) is 0 Å². The standard InChI is InChI=1S/C35H47FN2O6.C26H31FN2O4/c1-34(2,3)43-32(40)17-18-37(33(41)44-35(4,5)6)22-31(39)38-19-16-26-21-27(13-15-30(26)38)42-23-24-12-14-28(29(36)20-24)25-10-8-7-9-11-25;27-23-14-18(6-8-22(23)19-4-2-1-3-5-19)17-33-21-7-9-24-20(15-21)11-13-29(24)25(30)16-28-12-10-26(31)32/h12-15,20-21,25H,7-11,16-19,22-23H2,1-6H3;6-9,14-15,19,28H,1-5,10-13,16-17H2,(H,31,32). The Kier molecular flexibility index (Phi) is 20.1. The van der Waals surface area contributed by atoms with Gasteiger partial charge in [0.2, 0.25) is 11.8 Å². The van der Waals surface area contributed by atoms with Crippen LogP contribution in [0.3, 0.4) is 0 Å². The molecule has 2 aliphatic carbocycles. The minimum absolute atomic E-state index is 0.00866. The lowest BCUT2D eigenvalue weighted by molar-refractivity contribution is -0.155. The van der Waals surface area contributed by atoms with Crippen molar-refractivity contribution in [3.05, 3.63) is 118 Å². The van der Waals surface area contributed by atoms with E-state index >= 15 is 0 Å². The van der Waals surface area contributed by atoms with Gasteiger partial charge in [0, 0.05) is 37.6 Å². The van der Waals surface area contributed by atoms with Crippen LogP contribution in [-0.4, -0.2) is 90.3 Å². The Morgan fingerprint density at radius 1 is 0.623 bits per heavy atom. The van der Waals surface area contributed by atoms with Crippen LogP contribution >= 0.6 is 0 Å². The molecule has 0 bridgehead atoms. The van der Waals surface area contributed by atoms with Gasteiger partial charge in [0.15, 0.2) is 0 Å². The van der Waals surface area contributed by atoms with Gasteiger partial charge in [0.25, 0.3) is 0 Å². The molecule has 2 N–H and O–H groups in total. The number of esters is 1. The zero-order chi connectivity index (χ0) is 55.3. The van der Waals surface area contributed by atoms with Crippen LogP contribution in [0.5, 0.6) is 11.5 Å². The number of nitrogens with one attached hydrogen (secondary N) is 1. The predicted molar refractivity (Wildman–Crippen MR) is 292 cm³/mol. The normalized spacial score (nSPS) is 15.7. The maximum atomic E-state index is 14.9. The quantitative estimate of drug-likeness (QED) is 0.0720. The third-order valence-electron chi connectivity index (χ3n) is 14.3. The predicted octanol–water partition coefficient (Wildman–Crippen LogP) is 11.7. The minimum Gasteiger partial charge on any atom is -0.489 e. The number of hydrogen-bond acceptors (Lipinski definition) is 10. The molecule has 77 heavy (non-hydrogen) atoms. The van der Waals surface area contributed by atoms with Gasteiger partial charge in [-0.05, 0) is 174 Å². The van der Waals surface area contributed by atoms with Crippen molar-refractivity contribution in [2.75, 3.05) is 49.1 Å². The van der Waals surface area contributed by atoms with Gasteiger partial charge in [-0.3, -0.25) is 24.1 Å². The summed E-state index contributed by atoms with van der Waals surface area (Å²) in [6.07, 6.45) is 12.0. The molecule has 2 aliphatic heterocycles. The average molecular weight is 1070 g/mol. The number of halogens is 2. The Bertz CT molecular complexity index is 2710. The second-order valence-electron chi connectivity index (χ2n) is 22.7. The fraction of sp³-hybridized carbons (Fsp3) is 0.525. The van der Waals surface area contributed by atoms with Crippen LogP contribution in [0.15, 0.2) is 72.8 Å². The molecule has 4 aliphatic rings. The molecule has 2 saturated carbocycles. The Labute approximate surface area is 452 Å². The molecule has 0 radical (unpaired) electrons. The van der Waals surface area contributed by atoms with E-state index in [1.807, 2.05) is 54.6 Å². The van der Waals surface area contributed by atoms with E-state index in [2.05, 4.69) is 5.32 Å². The van der Waals surface area contributed by atoms with Crippen LogP contribution in [0.25, 0.3) is 0 Å². The fourth-order valence-corrected chi connectivity index (χ4v) is 10.5. The van der Waals surface area contributed by atoms with E-state index in [1.165, 1.54) is 30.6 Å². The maximum Gasteiger partial charge on any atom is 0.410 e. The summed E-state index contributed by atoms with van der Waals surface area (Å²) < 4.78 is 52.4. The number of carbonyl (C=O) groups is 5. The van der Waals surface area contributed by atoms with Crippen molar-refractivity contribution >= 4 is 41.2 Å². The number of ether oxygens (including phenoxy) is 4. The molecule has 4 aromatic carbocycles. The van der Waals surface area contributed by atoms with Crippen molar-refractivity contribution in [3.63, 3.8) is 0 Å². The summed E-state index contributed by atoms with van der Waals surface area (Å²) in [7, 11) is 0. The molecule has 2 heterocycles. The first-order valence-corrected chi connectivity index (χ1v) is 27.5. The number of benzene rings is 4. The van der Waals surface area contributed by atoms with Gasteiger partial charge in [0.1, 0.15) is 54.1 Å². The molecule has 16 heteroatoms. The van der Waals surface area contributed by atoms with Crippen molar-refractivity contribution < 1.29 is 56.8 Å². The number of amides is 3. The van der Waals surface area contributed by atoms with E-state index in [1.54, 1.807) is 69.5 Å². The van der Waals surface area contributed by atoms with Gasteiger partial charge in [-0.1, -0.05) is 62.8 Å². The molecule has 8 rings (SSSR count). The third kappa shape index (κ3) is 17.2. The third-order valence-corrected chi connectivity index (χ3v) is 14.3. The first kappa shape index (κ1) is 58.1. The first-order chi connectivity index (χ1) is 36.7. The average Bonchev–Trinajstić information content (AvgIpc) is 4.03. The molecule has 14 nitrogen and oxygen atoms in total. The Hall–Kier alpha value is -6.55. The first-order valence-electron chi connectivity index (χ1n) is 27.5. The van der Waals surface area contributed by atoms with Crippen molar-refractivity contribution in [2.45, 2.75) is 168 Å². The molecule has 0 unspecified atom stereocenters. The lowest BCUT2D eigenvalue weighted by Crippen LogP contribution is -2.45. The SMILES string of the molecule is CC(C)(C)OC(=O)CCN(CC(=O)N1CCc2cc(OCc3ccc(C4CCCCC4)c(F)c3)ccc21)C(=O)OC(C)(C)C.O=C(O)CCNCC(=O)N1CCc2cc(OCc3ccc(C4CCCCC4)c(F)c3)ccc21. The molecule has 0 atom stereocenters. The van der Waals surface area contributed by atoms with Crippen LogP contribution in [0.4, 0.5) is 25.0 Å². The van der Waals surface area contributed by atoms with E-state index in [9.17, 15) is 32.8 Å². The monoisotopic (exact) mass is 1060 g/mol. The van der Waals surface area contributed by atoms with Crippen molar-refractivity contribution in [2.24, 2.45) is 0 Å². The topological polar surface area (TPSA) is 164 Å². The summed E-state index contributed by atoms with van der Waals surface area (Å²) in [6.45, 7) is 12.3. The molecular weight excluding hydrogens is 987 g/mol. The molecule has 2 fully saturated rings. The number of nitrogens with zero attached hydrogens (tertiary/aromatic N) is 3. The highest BCUT2D eigenvalue weighted by molar-refractivity contribution is 5.98. The van der Waals surface area contributed by atoms with Gasteiger partial charge in [0.05, 0.1) is 19.4 Å². The van der Waals surface area contributed by atoms with Crippen LogP contribution in [0.1, 0.15) is 164 Å². The molecule has 4 aromatic rings. The highest BCUT2D eigenvalue weighted by atomic mass is 19.1. The van der Waals surface area contributed by atoms with Crippen molar-refractivity contribution in [1.82, 2.24) is 10.2 Å². The number of fused-ring (bicyclic) bond motifs is 2. The van der Waals surface area contributed by atoms with Gasteiger partial charge in [-0.2, -0.15) is 0 Å². The van der Waals surface area contributed by atoms with E-state index in [0.717, 1.165) is 89.7 Å². The number of carboxylic acid groups (broad SMARTS) is 1. The number of anilines is 2. The van der Waals surface area contributed by atoms with E-state index in [-0.39, 0.29) is 75.7 Å². The Balaban J connectivity index is 0.000000233. The molecule has 416 valence electrons. The van der Waals surface area contributed by atoms with Gasteiger partial charge in [-0.15, -0.1) is 0 Å². The Morgan fingerprint density at radius 2 is 1.10 bits per heavy atom. The van der Waals surface area contributed by atoms with E-state index in [0.29, 0.717) is 42.8 Å². The lowest BCUT2D eigenvalue weighted by atomic mass is 9.83. The second-order valence-corrected chi connectivity index (χ2v) is 22.7. The van der Waals surface area contributed by atoms with Crippen molar-refractivity contribution in [1.29, 1.82) is 0 Å². The zero-order valence-electron chi connectivity index (χ0n) is 45.9. The summed E-state index contributed by atoms with van der Waals surface area (Å²) in [4.78, 5) is 66.3. The maximum absolute atomic E-state index is 14.9. The fourth-order valence-electron chi connectivity index (χ4n) is 10.5. The lowest BCUT2D eigenvalue weighted by Gasteiger charge is -2.29. The minimum atomic E-state index is -0.892. The number of hydrogen-bond donors (Lipinski definition) is 2. The number of carbonyl (C=O) groups excluding carboxylic acids is 4. The number of carboxylic acids is 1.